The lowest BCUT2D eigenvalue weighted by molar-refractivity contribution is -0.118. The molecule has 1 amide bonds. The lowest BCUT2D eigenvalue weighted by atomic mass is 10.2. The van der Waals surface area contributed by atoms with Crippen LogP contribution in [0.5, 0.6) is 0 Å². The van der Waals surface area contributed by atoms with Gasteiger partial charge < -0.3 is 16.8 Å². The average molecular weight is 179 g/mol. The molecule has 0 unspecified atom stereocenters. The summed E-state index contributed by atoms with van der Waals surface area (Å²) in [6, 6.07) is 6.82. The summed E-state index contributed by atoms with van der Waals surface area (Å²) in [5.74, 6) is -0.400. The number of rotatable bonds is 3. The van der Waals surface area contributed by atoms with Crippen molar-refractivity contribution >= 4 is 17.3 Å². The van der Waals surface area contributed by atoms with E-state index in [2.05, 4.69) is 5.32 Å². The zero-order valence-electron chi connectivity index (χ0n) is 7.45. The molecule has 0 spiro atoms. The van der Waals surface area contributed by atoms with Crippen molar-refractivity contribution in [3.63, 3.8) is 0 Å². The number of nitrogens with two attached hydrogens (primary N) is 2. The Hall–Kier alpha value is -1.71. The van der Waals surface area contributed by atoms with E-state index in [-0.39, 0.29) is 0 Å². The van der Waals surface area contributed by atoms with Gasteiger partial charge in [-0.05, 0) is 19.1 Å². The molecule has 1 rings (SSSR count). The van der Waals surface area contributed by atoms with Crippen LogP contribution in [0, 0.1) is 0 Å². The molecule has 4 heteroatoms. The summed E-state index contributed by atoms with van der Waals surface area (Å²) in [5, 5.41) is 2.91. The molecular formula is C9H13N3O. The van der Waals surface area contributed by atoms with Crippen molar-refractivity contribution in [2.24, 2.45) is 5.73 Å². The average Bonchev–Trinajstić information content (AvgIpc) is 2.08. The minimum atomic E-state index is -0.412. The molecule has 0 heterocycles. The molecule has 4 nitrogen and oxygen atoms in total. The van der Waals surface area contributed by atoms with Gasteiger partial charge in [-0.15, -0.1) is 0 Å². The van der Waals surface area contributed by atoms with Gasteiger partial charge in [0.2, 0.25) is 5.91 Å². The molecule has 0 aliphatic carbocycles. The Kier molecular flexibility index (Phi) is 2.74. The van der Waals surface area contributed by atoms with Crippen LogP contribution in [0.4, 0.5) is 11.4 Å². The molecule has 0 aliphatic rings. The Bertz CT molecular complexity index is 311. The van der Waals surface area contributed by atoms with Gasteiger partial charge in [0.05, 0.1) is 11.4 Å². The minimum Gasteiger partial charge on any atom is -0.397 e. The summed E-state index contributed by atoms with van der Waals surface area (Å²) in [7, 11) is 0. The van der Waals surface area contributed by atoms with Crippen molar-refractivity contribution in [2.45, 2.75) is 13.0 Å². The number of carbonyl (C=O) groups excluding carboxylic acids is 1. The van der Waals surface area contributed by atoms with Crippen molar-refractivity contribution < 1.29 is 4.79 Å². The quantitative estimate of drug-likeness (QED) is 0.593. The second-order valence-electron chi connectivity index (χ2n) is 2.86. The third kappa shape index (κ3) is 2.37. The van der Waals surface area contributed by atoms with Crippen molar-refractivity contribution in [3.05, 3.63) is 24.3 Å². The van der Waals surface area contributed by atoms with Crippen molar-refractivity contribution in [1.82, 2.24) is 0 Å². The van der Waals surface area contributed by atoms with Gasteiger partial charge in [-0.25, -0.2) is 0 Å². The van der Waals surface area contributed by atoms with Crippen LogP contribution in [0.1, 0.15) is 6.92 Å². The van der Waals surface area contributed by atoms with Gasteiger partial charge >= 0.3 is 0 Å². The van der Waals surface area contributed by atoms with Crippen LogP contribution in [0.25, 0.3) is 0 Å². The molecule has 0 aromatic heterocycles. The van der Waals surface area contributed by atoms with E-state index >= 15 is 0 Å². The van der Waals surface area contributed by atoms with Gasteiger partial charge in [0.25, 0.3) is 0 Å². The van der Waals surface area contributed by atoms with E-state index in [1.165, 1.54) is 0 Å². The monoisotopic (exact) mass is 179 g/mol. The lowest BCUT2D eigenvalue weighted by Gasteiger charge is -2.12. The highest BCUT2D eigenvalue weighted by molar-refractivity contribution is 5.83. The molecule has 1 aromatic carbocycles. The SMILES string of the molecule is C[C@H](Nc1ccccc1N)C(N)=O. The number of anilines is 2. The molecule has 0 radical (unpaired) electrons. The first-order valence-corrected chi connectivity index (χ1v) is 4.01. The number of para-hydroxylation sites is 2. The number of hydrogen-bond donors (Lipinski definition) is 3. The smallest absolute Gasteiger partial charge is 0.239 e. The molecule has 0 saturated carbocycles. The number of amides is 1. The fraction of sp³-hybridized carbons (Fsp3) is 0.222. The highest BCUT2D eigenvalue weighted by atomic mass is 16.1. The molecular weight excluding hydrogens is 166 g/mol. The van der Waals surface area contributed by atoms with Gasteiger partial charge in [-0.2, -0.15) is 0 Å². The highest BCUT2D eigenvalue weighted by Gasteiger charge is 2.08. The number of primary amides is 1. The second kappa shape index (κ2) is 3.80. The maximum absolute atomic E-state index is 10.7. The fourth-order valence-electron chi connectivity index (χ4n) is 0.933. The third-order valence-electron chi connectivity index (χ3n) is 1.76. The minimum absolute atomic E-state index is 0.400. The summed E-state index contributed by atoms with van der Waals surface area (Å²) in [4.78, 5) is 10.7. The predicted octanol–water partition coefficient (Wildman–Crippen LogP) is 0.554. The van der Waals surface area contributed by atoms with Gasteiger partial charge in [-0.3, -0.25) is 4.79 Å². The van der Waals surface area contributed by atoms with Crippen LogP contribution in [0.3, 0.4) is 0 Å². The normalized spacial score (nSPS) is 12.1. The Morgan fingerprint density at radius 1 is 1.46 bits per heavy atom. The van der Waals surface area contributed by atoms with E-state index in [9.17, 15) is 4.79 Å². The molecule has 70 valence electrons. The summed E-state index contributed by atoms with van der Waals surface area (Å²) < 4.78 is 0. The summed E-state index contributed by atoms with van der Waals surface area (Å²) in [6.45, 7) is 1.69. The first kappa shape index (κ1) is 9.38. The lowest BCUT2D eigenvalue weighted by Crippen LogP contribution is -2.32. The number of carbonyl (C=O) groups is 1. The first-order valence-electron chi connectivity index (χ1n) is 4.01. The van der Waals surface area contributed by atoms with Gasteiger partial charge in [0.15, 0.2) is 0 Å². The fourth-order valence-corrected chi connectivity index (χ4v) is 0.933. The third-order valence-corrected chi connectivity index (χ3v) is 1.76. The molecule has 13 heavy (non-hydrogen) atoms. The molecule has 0 bridgehead atoms. The molecule has 5 N–H and O–H groups in total. The molecule has 1 atom stereocenters. The van der Waals surface area contributed by atoms with Gasteiger partial charge in [0.1, 0.15) is 6.04 Å². The topological polar surface area (TPSA) is 81.1 Å². The van der Waals surface area contributed by atoms with Crippen molar-refractivity contribution in [3.8, 4) is 0 Å². The van der Waals surface area contributed by atoms with E-state index in [1.807, 2.05) is 12.1 Å². The zero-order chi connectivity index (χ0) is 9.84. The van der Waals surface area contributed by atoms with Crippen LogP contribution in [-0.2, 0) is 4.79 Å². The highest BCUT2D eigenvalue weighted by Crippen LogP contribution is 2.17. The molecule has 0 saturated heterocycles. The first-order chi connectivity index (χ1) is 6.11. The van der Waals surface area contributed by atoms with E-state index in [0.717, 1.165) is 5.69 Å². The molecule has 0 aliphatic heterocycles. The maximum atomic E-state index is 10.7. The molecule has 0 fully saturated rings. The van der Waals surface area contributed by atoms with Crippen molar-refractivity contribution in [1.29, 1.82) is 0 Å². The van der Waals surface area contributed by atoms with Crippen LogP contribution >= 0.6 is 0 Å². The summed E-state index contributed by atoms with van der Waals surface area (Å²) in [6.07, 6.45) is 0. The zero-order valence-corrected chi connectivity index (χ0v) is 7.45. The van der Waals surface area contributed by atoms with Crippen molar-refractivity contribution in [2.75, 3.05) is 11.1 Å². The molecule has 1 aromatic rings. The summed E-state index contributed by atoms with van der Waals surface area (Å²) in [5.41, 5.74) is 12.1. The standard InChI is InChI=1S/C9H13N3O/c1-6(9(11)13)12-8-5-3-2-4-7(8)10/h2-6,12H,10H2,1H3,(H2,11,13)/t6-/m0/s1. The summed E-state index contributed by atoms with van der Waals surface area (Å²) >= 11 is 0. The van der Waals surface area contributed by atoms with E-state index in [1.54, 1.807) is 19.1 Å². The Labute approximate surface area is 76.9 Å². The number of benzene rings is 1. The largest absolute Gasteiger partial charge is 0.397 e. The van der Waals surface area contributed by atoms with Crippen LogP contribution < -0.4 is 16.8 Å². The Morgan fingerprint density at radius 3 is 2.62 bits per heavy atom. The van der Waals surface area contributed by atoms with E-state index in [0.29, 0.717) is 5.69 Å². The number of hydrogen-bond acceptors (Lipinski definition) is 3. The maximum Gasteiger partial charge on any atom is 0.239 e. The van der Waals surface area contributed by atoms with E-state index in [4.69, 9.17) is 11.5 Å². The van der Waals surface area contributed by atoms with Gasteiger partial charge in [-0.1, -0.05) is 12.1 Å². The Morgan fingerprint density at radius 2 is 2.08 bits per heavy atom. The van der Waals surface area contributed by atoms with E-state index < -0.39 is 11.9 Å². The Balaban J connectivity index is 2.74. The second-order valence-corrected chi connectivity index (χ2v) is 2.86. The van der Waals surface area contributed by atoms with Crippen LogP contribution in [0.15, 0.2) is 24.3 Å². The number of nitrogen functional groups attached to an aromatic ring is 1. The van der Waals surface area contributed by atoms with Gasteiger partial charge in [0, 0.05) is 0 Å². The van der Waals surface area contributed by atoms with Crippen LogP contribution in [-0.4, -0.2) is 11.9 Å². The number of nitrogens with one attached hydrogen (secondary N) is 1. The predicted molar refractivity (Wildman–Crippen MR) is 53.1 cm³/mol. The van der Waals surface area contributed by atoms with Crippen LogP contribution in [0.2, 0.25) is 0 Å².